The molecule has 2 atom stereocenters. The highest BCUT2D eigenvalue weighted by Gasteiger charge is 2.10. The van der Waals surface area contributed by atoms with Gasteiger partial charge in [-0.3, -0.25) is 9.59 Å². The second-order valence-electron chi connectivity index (χ2n) is 7.35. The third kappa shape index (κ3) is 17.5. The van der Waals surface area contributed by atoms with Crippen molar-refractivity contribution < 1.29 is 9.59 Å². The molecule has 0 fully saturated rings. The molecule has 2 unspecified atom stereocenters. The molecule has 0 saturated heterocycles. The molecule has 2 amide bonds. The van der Waals surface area contributed by atoms with Gasteiger partial charge in [-0.25, -0.2) is 0 Å². The molecule has 0 aromatic heterocycles. The van der Waals surface area contributed by atoms with E-state index in [9.17, 15) is 9.59 Å². The highest BCUT2D eigenvalue weighted by atomic mass is 16.2. The van der Waals surface area contributed by atoms with E-state index in [1.807, 2.05) is 26.0 Å². The average molecular weight is 380 g/mol. The lowest BCUT2D eigenvalue weighted by molar-refractivity contribution is -0.121. The highest BCUT2D eigenvalue weighted by Crippen LogP contribution is 2.04. The molecule has 156 valence electrons. The summed E-state index contributed by atoms with van der Waals surface area (Å²) in [7, 11) is 0. The second kappa shape index (κ2) is 17.8. The van der Waals surface area contributed by atoms with E-state index in [0.29, 0.717) is 25.9 Å². The lowest BCUT2D eigenvalue weighted by Gasteiger charge is -2.21. The summed E-state index contributed by atoms with van der Waals surface area (Å²) in [5.41, 5.74) is 0. The van der Waals surface area contributed by atoms with E-state index < -0.39 is 0 Å². The van der Waals surface area contributed by atoms with Crippen molar-refractivity contribution in [3.8, 4) is 0 Å². The Kier molecular flexibility index (Phi) is 16.7. The van der Waals surface area contributed by atoms with E-state index in [2.05, 4.69) is 29.1 Å². The van der Waals surface area contributed by atoms with Gasteiger partial charge in [-0.05, 0) is 52.4 Å². The summed E-state index contributed by atoms with van der Waals surface area (Å²) in [5.74, 6) is 0.222. The number of carbonyl (C=O) groups is 2. The van der Waals surface area contributed by atoms with Gasteiger partial charge < -0.3 is 16.0 Å². The average Bonchev–Trinajstić information content (AvgIpc) is 2.64. The van der Waals surface area contributed by atoms with Crippen LogP contribution in [0.15, 0.2) is 25.3 Å². The normalized spacial score (nSPS) is 12.8. The summed E-state index contributed by atoms with van der Waals surface area (Å²) in [6, 6.07) is 0.334. The van der Waals surface area contributed by atoms with Gasteiger partial charge in [0.05, 0.1) is 0 Å². The van der Waals surface area contributed by atoms with Gasteiger partial charge in [0.15, 0.2) is 0 Å². The zero-order chi connectivity index (χ0) is 20.3. The number of rotatable bonds is 18. The molecule has 0 radical (unpaired) electrons. The largest absolute Gasteiger partial charge is 0.355 e. The molecular weight excluding hydrogens is 338 g/mol. The minimum Gasteiger partial charge on any atom is -0.355 e. The molecule has 3 N–H and O–H groups in total. The minimum atomic E-state index is 0.111. The fourth-order valence-electron chi connectivity index (χ4n) is 2.82. The monoisotopic (exact) mass is 379 g/mol. The molecule has 0 aliphatic rings. The molecule has 0 aromatic carbocycles. The summed E-state index contributed by atoms with van der Waals surface area (Å²) in [6.07, 6.45) is 13.2. The summed E-state index contributed by atoms with van der Waals surface area (Å²) < 4.78 is 0. The van der Waals surface area contributed by atoms with Crippen molar-refractivity contribution in [2.24, 2.45) is 0 Å². The Balaban J connectivity index is 3.68. The van der Waals surface area contributed by atoms with Gasteiger partial charge in [0.25, 0.3) is 0 Å². The van der Waals surface area contributed by atoms with Crippen molar-refractivity contribution in [2.45, 2.75) is 90.1 Å². The number of unbranched alkanes of at least 4 members (excludes halogenated alkanes) is 6. The molecule has 0 heterocycles. The van der Waals surface area contributed by atoms with E-state index in [1.165, 1.54) is 0 Å². The van der Waals surface area contributed by atoms with Gasteiger partial charge in [-0.1, -0.05) is 25.0 Å². The van der Waals surface area contributed by atoms with Crippen LogP contribution in [0.2, 0.25) is 0 Å². The maximum atomic E-state index is 11.8. The third-order valence-electron chi connectivity index (χ3n) is 4.40. The Morgan fingerprint density at radius 2 is 1.15 bits per heavy atom. The fourth-order valence-corrected chi connectivity index (χ4v) is 2.82. The number of nitrogens with one attached hydrogen (secondary N) is 3. The van der Waals surface area contributed by atoms with Crippen LogP contribution in [-0.4, -0.2) is 37.0 Å². The van der Waals surface area contributed by atoms with E-state index in [4.69, 9.17) is 0 Å². The van der Waals surface area contributed by atoms with Crippen molar-refractivity contribution in [2.75, 3.05) is 13.1 Å². The van der Waals surface area contributed by atoms with Crippen molar-refractivity contribution in [1.29, 1.82) is 0 Å². The Morgan fingerprint density at radius 3 is 1.52 bits per heavy atom. The van der Waals surface area contributed by atoms with E-state index in [-0.39, 0.29) is 23.9 Å². The minimum absolute atomic E-state index is 0.111. The standard InChI is InChI=1S/C22H41N3O2/c1-5-7-9-11-13-15-21(26)23-17-19(3)25-20(4)18-24-22(27)16-14-12-10-8-6-2/h5-6,19-20,25H,1-2,7-18H2,3-4H3,(H,23,26)(H,24,27). The summed E-state index contributed by atoms with van der Waals surface area (Å²) >= 11 is 0. The molecule has 0 spiro atoms. The van der Waals surface area contributed by atoms with Crippen LogP contribution >= 0.6 is 0 Å². The van der Waals surface area contributed by atoms with Crippen LogP contribution in [-0.2, 0) is 9.59 Å². The van der Waals surface area contributed by atoms with E-state index >= 15 is 0 Å². The highest BCUT2D eigenvalue weighted by molar-refractivity contribution is 5.76. The molecule has 0 aliphatic carbocycles. The van der Waals surface area contributed by atoms with Gasteiger partial charge in [-0.15, -0.1) is 13.2 Å². The first-order chi connectivity index (χ1) is 13.0. The van der Waals surface area contributed by atoms with E-state index in [1.54, 1.807) is 0 Å². The van der Waals surface area contributed by atoms with Gasteiger partial charge in [0.1, 0.15) is 0 Å². The molecule has 0 aliphatic heterocycles. The van der Waals surface area contributed by atoms with Crippen LogP contribution in [0.5, 0.6) is 0 Å². The number of hydrogen-bond acceptors (Lipinski definition) is 3. The molecular formula is C22H41N3O2. The maximum absolute atomic E-state index is 11.8. The lowest BCUT2D eigenvalue weighted by atomic mass is 10.1. The molecule has 0 rings (SSSR count). The van der Waals surface area contributed by atoms with Gasteiger partial charge >= 0.3 is 0 Å². The van der Waals surface area contributed by atoms with Crippen LogP contribution < -0.4 is 16.0 Å². The zero-order valence-electron chi connectivity index (χ0n) is 17.5. The van der Waals surface area contributed by atoms with Crippen LogP contribution in [0.4, 0.5) is 0 Å². The van der Waals surface area contributed by atoms with Crippen molar-refractivity contribution in [3.63, 3.8) is 0 Å². The SMILES string of the molecule is C=CCCCCCC(=O)NCC(C)NC(C)CNC(=O)CCCCCC=C. The van der Waals surface area contributed by atoms with Crippen molar-refractivity contribution in [1.82, 2.24) is 16.0 Å². The Morgan fingerprint density at radius 1 is 0.741 bits per heavy atom. The summed E-state index contributed by atoms with van der Waals surface area (Å²) in [4.78, 5) is 23.7. The lowest BCUT2D eigenvalue weighted by Crippen LogP contribution is -2.47. The summed E-state index contributed by atoms with van der Waals surface area (Å²) in [6.45, 7) is 12.7. The van der Waals surface area contributed by atoms with Crippen LogP contribution in [0, 0.1) is 0 Å². The van der Waals surface area contributed by atoms with Crippen LogP contribution in [0.1, 0.15) is 78.1 Å². The quantitative estimate of drug-likeness (QED) is 0.250. The van der Waals surface area contributed by atoms with Crippen molar-refractivity contribution >= 4 is 11.8 Å². The van der Waals surface area contributed by atoms with Gasteiger partial charge in [0.2, 0.25) is 11.8 Å². The first kappa shape index (κ1) is 25.4. The fraction of sp³-hybridized carbons (Fsp3) is 0.727. The second-order valence-corrected chi connectivity index (χ2v) is 7.35. The molecule has 0 bridgehead atoms. The van der Waals surface area contributed by atoms with Crippen LogP contribution in [0.3, 0.4) is 0 Å². The molecule has 5 heteroatoms. The molecule has 27 heavy (non-hydrogen) atoms. The first-order valence-corrected chi connectivity index (χ1v) is 10.5. The molecule has 0 saturated carbocycles. The predicted molar refractivity (Wildman–Crippen MR) is 115 cm³/mol. The number of amides is 2. The van der Waals surface area contributed by atoms with Crippen molar-refractivity contribution in [3.05, 3.63) is 25.3 Å². The topological polar surface area (TPSA) is 70.2 Å². The Hall–Kier alpha value is -1.62. The van der Waals surface area contributed by atoms with Crippen LogP contribution in [0.25, 0.3) is 0 Å². The number of carbonyl (C=O) groups excluding carboxylic acids is 2. The Bertz CT molecular complexity index is 386. The predicted octanol–water partition coefficient (Wildman–Crippen LogP) is 3.86. The smallest absolute Gasteiger partial charge is 0.220 e. The number of hydrogen-bond donors (Lipinski definition) is 3. The number of allylic oxidation sites excluding steroid dienone is 2. The summed E-state index contributed by atoms with van der Waals surface area (Å²) in [5, 5.41) is 9.35. The van der Waals surface area contributed by atoms with Gasteiger partial charge in [0, 0.05) is 38.0 Å². The Labute approximate surface area is 166 Å². The molecule has 0 aromatic rings. The molecule has 5 nitrogen and oxygen atoms in total. The maximum Gasteiger partial charge on any atom is 0.220 e. The van der Waals surface area contributed by atoms with E-state index in [0.717, 1.165) is 51.4 Å². The zero-order valence-corrected chi connectivity index (χ0v) is 17.5. The third-order valence-corrected chi connectivity index (χ3v) is 4.40. The van der Waals surface area contributed by atoms with Gasteiger partial charge in [-0.2, -0.15) is 0 Å². The first-order valence-electron chi connectivity index (χ1n) is 10.5.